The van der Waals surface area contributed by atoms with Crippen molar-refractivity contribution in [2.45, 2.75) is 11.9 Å². The molecule has 3 aromatic rings. The molecule has 0 bridgehead atoms. The smallest absolute Gasteiger partial charge is 0.357 e. The lowest BCUT2D eigenvalue weighted by molar-refractivity contribution is 0.390. The first-order valence-corrected chi connectivity index (χ1v) is 10.2. The van der Waals surface area contributed by atoms with E-state index >= 15 is 0 Å². The molecule has 0 radical (unpaired) electrons. The van der Waals surface area contributed by atoms with E-state index in [-0.39, 0.29) is 16.6 Å². The van der Waals surface area contributed by atoms with E-state index in [0.29, 0.717) is 16.3 Å². The summed E-state index contributed by atoms with van der Waals surface area (Å²) >= 11 is 1.13. The number of ether oxygens (including phenoxy) is 1. The number of rotatable bonds is 6. The lowest BCUT2D eigenvalue weighted by Crippen LogP contribution is -2.11. The van der Waals surface area contributed by atoms with Crippen molar-refractivity contribution in [2.75, 3.05) is 7.11 Å². The molecule has 8 heteroatoms. The Morgan fingerprint density at radius 3 is 2.52 bits per heavy atom. The maximum absolute atomic E-state index is 13.0. The number of halogens is 1. The zero-order chi connectivity index (χ0) is 19.4. The van der Waals surface area contributed by atoms with Gasteiger partial charge in [0.05, 0.1) is 7.11 Å². The van der Waals surface area contributed by atoms with Crippen molar-refractivity contribution < 1.29 is 21.7 Å². The SMILES string of the molecule is C/C=C/c1ccc(OS(=O)(=O)c2csc(-c3ccc(F)cc3)n2)c(OC)c1. The Bertz CT molecular complexity index is 1070. The molecule has 0 saturated carbocycles. The van der Waals surface area contributed by atoms with Crippen LogP contribution in [0.1, 0.15) is 12.5 Å². The maximum atomic E-state index is 13.0. The Kier molecular flexibility index (Phi) is 5.57. The molecular formula is C19H16FNO4S2. The molecule has 0 N–H and O–H groups in total. The van der Waals surface area contributed by atoms with E-state index in [1.807, 2.05) is 19.1 Å². The van der Waals surface area contributed by atoms with Gasteiger partial charge in [-0.1, -0.05) is 18.2 Å². The topological polar surface area (TPSA) is 65.5 Å². The molecule has 2 aromatic carbocycles. The largest absolute Gasteiger partial charge is 0.493 e. The fraction of sp³-hybridized carbons (Fsp3) is 0.105. The minimum absolute atomic E-state index is 0.0714. The highest BCUT2D eigenvalue weighted by Gasteiger charge is 2.23. The highest BCUT2D eigenvalue weighted by atomic mass is 32.2. The van der Waals surface area contributed by atoms with Crippen LogP contribution in [0, 0.1) is 5.82 Å². The summed E-state index contributed by atoms with van der Waals surface area (Å²) in [6.07, 6.45) is 3.72. The molecule has 0 saturated heterocycles. The molecule has 0 amide bonds. The minimum atomic E-state index is -4.14. The number of nitrogens with zero attached hydrogens (tertiary/aromatic N) is 1. The fourth-order valence-electron chi connectivity index (χ4n) is 2.31. The normalized spacial score (nSPS) is 11.7. The number of aromatic nitrogens is 1. The van der Waals surface area contributed by atoms with Gasteiger partial charge in [0.1, 0.15) is 10.8 Å². The summed E-state index contributed by atoms with van der Waals surface area (Å²) in [6, 6.07) is 10.6. The molecule has 0 aliphatic carbocycles. The van der Waals surface area contributed by atoms with Gasteiger partial charge in [0.25, 0.3) is 0 Å². The van der Waals surface area contributed by atoms with Crippen LogP contribution in [0.5, 0.6) is 11.5 Å². The van der Waals surface area contributed by atoms with Gasteiger partial charge in [0, 0.05) is 10.9 Å². The van der Waals surface area contributed by atoms with Crippen LogP contribution in [-0.4, -0.2) is 20.5 Å². The van der Waals surface area contributed by atoms with Crippen molar-refractivity contribution >= 4 is 27.5 Å². The fourth-order valence-corrected chi connectivity index (χ4v) is 4.33. The van der Waals surface area contributed by atoms with E-state index in [4.69, 9.17) is 8.92 Å². The zero-order valence-electron chi connectivity index (χ0n) is 14.5. The zero-order valence-corrected chi connectivity index (χ0v) is 16.2. The lowest BCUT2D eigenvalue weighted by atomic mass is 10.2. The minimum Gasteiger partial charge on any atom is -0.493 e. The van der Waals surface area contributed by atoms with Crippen molar-refractivity contribution in [3.05, 3.63) is 65.3 Å². The molecule has 0 unspecified atom stereocenters. The van der Waals surface area contributed by atoms with Crippen molar-refractivity contribution in [2.24, 2.45) is 0 Å². The molecule has 0 aliphatic rings. The first-order valence-electron chi connectivity index (χ1n) is 7.89. The Morgan fingerprint density at radius 1 is 1.11 bits per heavy atom. The lowest BCUT2D eigenvalue weighted by Gasteiger charge is -2.10. The quantitative estimate of drug-likeness (QED) is 0.553. The molecule has 27 heavy (non-hydrogen) atoms. The molecule has 1 aromatic heterocycles. The van der Waals surface area contributed by atoms with Crippen LogP contribution in [0.3, 0.4) is 0 Å². The highest BCUT2D eigenvalue weighted by Crippen LogP contribution is 2.32. The van der Waals surface area contributed by atoms with Gasteiger partial charge in [-0.2, -0.15) is 8.42 Å². The van der Waals surface area contributed by atoms with Crippen molar-refractivity contribution in [1.29, 1.82) is 0 Å². The van der Waals surface area contributed by atoms with Crippen LogP contribution in [0.25, 0.3) is 16.6 Å². The van der Waals surface area contributed by atoms with Gasteiger partial charge in [0.2, 0.25) is 5.03 Å². The van der Waals surface area contributed by atoms with E-state index in [9.17, 15) is 12.8 Å². The third-order valence-corrected chi connectivity index (χ3v) is 5.74. The van der Waals surface area contributed by atoms with Gasteiger partial charge in [-0.05, 0) is 48.9 Å². The number of hydrogen-bond acceptors (Lipinski definition) is 6. The van der Waals surface area contributed by atoms with Gasteiger partial charge in [0.15, 0.2) is 11.5 Å². The van der Waals surface area contributed by atoms with E-state index in [0.717, 1.165) is 16.9 Å². The number of benzene rings is 2. The molecular weight excluding hydrogens is 389 g/mol. The molecule has 0 fully saturated rings. The number of thiazole rings is 1. The summed E-state index contributed by atoms with van der Waals surface area (Å²) in [6.45, 7) is 1.88. The second kappa shape index (κ2) is 7.89. The van der Waals surface area contributed by atoms with Crippen LogP contribution < -0.4 is 8.92 Å². The summed E-state index contributed by atoms with van der Waals surface area (Å²) in [5.41, 5.74) is 1.47. The summed E-state index contributed by atoms with van der Waals surface area (Å²) in [5.74, 6) is -0.00908. The van der Waals surface area contributed by atoms with E-state index < -0.39 is 10.1 Å². The monoisotopic (exact) mass is 405 g/mol. The summed E-state index contributed by atoms with van der Waals surface area (Å²) in [7, 11) is -2.70. The Morgan fingerprint density at radius 2 is 1.85 bits per heavy atom. The van der Waals surface area contributed by atoms with Gasteiger partial charge in [-0.25, -0.2) is 9.37 Å². The molecule has 0 aliphatic heterocycles. The second-order valence-corrected chi connectivity index (χ2v) is 7.80. The molecule has 0 atom stereocenters. The van der Waals surface area contributed by atoms with Gasteiger partial charge < -0.3 is 8.92 Å². The number of methoxy groups -OCH3 is 1. The average Bonchev–Trinajstić information content (AvgIpc) is 3.15. The third kappa shape index (κ3) is 4.35. The molecule has 5 nitrogen and oxygen atoms in total. The van der Waals surface area contributed by atoms with Gasteiger partial charge in [-0.15, -0.1) is 11.3 Å². The van der Waals surface area contributed by atoms with Gasteiger partial charge >= 0.3 is 10.1 Å². The van der Waals surface area contributed by atoms with E-state index in [1.165, 1.54) is 42.8 Å². The average molecular weight is 405 g/mol. The van der Waals surface area contributed by atoms with Crippen molar-refractivity contribution in [1.82, 2.24) is 4.98 Å². The van der Waals surface area contributed by atoms with E-state index in [2.05, 4.69) is 4.98 Å². The Hall–Kier alpha value is -2.71. The molecule has 0 spiro atoms. The second-order valence-electron chi connectivity index (χ2n) is 5.45. The van der Waals surface area contributed by atoms with Gasteiger partial charge in [-0.3, -0.25) is 0 Å². The molecule has 1 heterocycles. The number of hydrogen-bond donors (Lipinski definition) is 0. The Labute approximate surface area is 160 Å². The predicted octanol–water partition coefficient (Wildman–Crippen LogP) is 4.76. The van der Waals surface area contributed by atoms with Crippen LogP contribution in [0.2, 0.25) is 0 Å². The van der Waals surface area contributed by atoms with Crippen molar-refractivity contribution in [3.63, 3.8) is 0 Å². The summed E-state index contributed by atoms with van der Waals surface area (Å²) in [5, 5.41) is 1.62. The summed E-state index contributed by atoms with van der Waals surface area (Å²) < 4.78 is 48.6. The predicted molar refractivity (Wildman–Crippen MR) is 103 cm³/mol. The maximum Gasteiger partial charge on any atom is 0.357 e. The van der Waals surface area contributed by atoms with Crippen molar-refractivity contribution in [3.8, 4) is 22.1 Å². The molecule has 3 rings (SSSR count). The molecule has 140 valence electrons. The first-order chi connectivity index (χ1) is 12.9. The summed E-state index contributed by atoms with van der Waals surface area (Å²) in [4.78, 5) is 4.11. The van der Waals surface area contributed by atoms with E-state index in [1.54, 1.807) is 12.1 Å². The van der Waals surface area contributed by atoms with Crippen LogP contribution in [-0.2, 0) is 10.1 Å². The van der Waals surface area contributed by atoms with Crippen LogP contribution >= 0.6 is 11.3 Å². The third-order valence-electron chi connectivity index (χ3n) is 3.58. The van der Waals surface area contributed by atoms with Crippen LogP contribution in [0.15, 0.2) is 58.9 Å². The standard InChI is InChI=1S/C19H16FNO4S2/c1-3-4-13-5-10-16(17(11-13)24-2)25-27(22,23)18-12-26-19(21-18)14-6-8-15(20)9-7-14/h3-12H,1-2H3/b4-3+. The number of allylic oxidation sites excluding steroid dienone is 1. The Balaban J connectivity index is 1.88. The van der Waals surface area contributed by atoms with Crippen LogP contribution in [0.4, 0.5) is 4.39 Å². The highest BCUT2D eigenvalue weighted by molar-refractivity contribution is 7.87. The first kappa shape index (κ1) is 19.1.